The van der Waals surface area contributed by atoms with E-state index in [4.69, 9.17) is 14.5 Å². The van der Waals surface area contributed by atoms with Gasteiger partial charge in [-0.3, -0.25) is 0 Å². The zero-order valence-electron chi connectivity index (χ0n) is 20.0. The molecule has 33 heavy (non-hydrogen) atoms. The van der Waals surface area contributed by atoms with Crippen LogP contribution in [0.1, 0.15) is 45.5 Å². The Labute approximate surface area is 194 Å². The van der Waals surface area contributed by atoms with Crippen molar-refractivity contribution in [1.82, 2.24) is 24.4 Å². The third-order valence-electron chi connectivity index (χ3n) is 5.61. The number of benzene rings is 1. The fraction of sp³-hybridized carbons (Fsp3) is 0.500. The number of nitrogens with zero attached hydrogens (tertiary/aromatic N) is 5. The molecule has 9 nitrogen and oxygen atoms in total. The van der Waals surface area contributed by atoms with Crippen LogP contribution in [-0.4, -0.2) is 62.4 Å². The molecule has 0 bridgehead atoms. The largest absolute Gasteiger partial charge is 0.497 e. The molecule has 3 heterocycles. The number of fused-ring (bicyclic) bond motifs is 1. The number of anilines is 1. The van der Waals surface area contributed by atoms with Crippen molar-refractivity contribution >= 4 is 23.1 Å². The van der Waals surface area contributed by atoms with Gasteiger partial charge < -0.3 is 24.3 Å². The Balaban J connectivity index is 1.53. The average molecular weight is 453 g/mol. The fourth-order valence-electron chi connectivity index (χ4n) is 4.00. The van der Waals surface area contributed by atoms with E-state index in [2.05, 4.69) is 26.8 Å². The topological polar surface area (TPSA) is 94.4 Å². The van der Waals surface area contributed by atoms with Gasteiger partial charge in [0, 0.05) is 25.6 Å². The van der Waals surface area contributed by atoms with Crippen molar-refractivity contribution in [3.63, 3.8) is 0 Å². The van der Waals surface area contributed by atoms with Crippen LogP contribution in [0.5, 0.6) is 5.75 Å². The molecule has 9 heteroatoms. The SMILES string of the molecule is CCc1nc2c(NC3CCN(C(=O)OC(C)(C)C)C3)ncnc2n1Cc1ccc(OC)cc1. The molecule has 176 valence electrons. The molecule has 3 aromatic rings. The minimum Gasteiger partial charge on any atom is -0.497 e. The van der Waals surface area contributed by atoms with Crippen molar-refractivity contribution in [2.24, 2.45) is 0 Å². The molecule has 1 N–H and O–H groups in total. The first-order chi connectivity index (χ1) is 15.8. The highest BCUT2D eigenvalue weighted by Crippen LogP contribution is 2.25. The normalized spacial score (nSPS) is 16.3. The van der Waals surface area contributed by atoms with Crippen LogP contribution < -0.4 is 10.1 Å². The van der Waals surface area contributed by atoms with Gasteiger partial charge in [-0.05, 0) is 44.9 Å². The molecule has 1 aromatic carbocycles. The lowest BCUT2D eigenvalue weighted by Gasteiger charge is -2.24. The molecular formula is C24H32N6O3. The number of nitrogens with one attached hydrogen (secondary N) is 1. The molecule has 0 aliphatic carbocycles. The lowest BCUT2D eigenvalue weighted by Crippen LogP contribution is -2.36. The standard InChI is InChI=1S/C24H32N6O3/c1-6-19-28-20-21(27-17-11-12-29(14-17)23(31)33-24(2,3)4)25-15-26-22(20)30(19)13-16-7-9-18(32-5)10-8-16/h7-10,15,17H,6,11-14H2,1-5H3,(H,25,26,27). The monoisotopic (exact) mass is 452 g/mol. The van der Waals surface area contributed by atoms with E-state index in [0.717, 1.165) is 41.1 Å². The summed E-state index contributed by atoms with van der Waals surface area (Å²) in [7, 11) is 1.66. The van der Waals surface area contributed by atoms with Crippen LogP contribution in [0, 0.1) is 0 Å². The van der Waals surface area contributed by atoms with Gasteiger partial charge in [0.05, 0.1) is 13.7 Å². The predicted octanol–water partition coefficient (Wildman–Crippen LogP) is 3.87. The van der Waals surface area contributed by atoms with Crippen LogP contribution in [0.2, 0.25) is 0 Å². The minimum absolute atomic E-state index is 0.0763. The summed E-state index contributed by atoms with van der Waals surface area (Å²) >= 11 is 0. The number of carbonyl (C=O) groups is 1. The quantitative estimate of drug-likeness (QED) is 0.607. The maximum absolute atomic E-state index is 12.4. The van der Waals surface area contributed by atoms with E-state index in [-0.39, 0.29) is 12.1 Å². The van der Waals surface area contributed by atoms with Crippen LogP contribution in [0.15, 0.2) is 30.6 Å². The van der Waals surface area contributed by atoms with Gasteiger partial charge in [0.25, 0.3) is 0 Å². The van der Waals surface area contributed by atoms with Crippen molar-refractivity contribution in [2.45, 2.75) is 58.7 Å². The van der Waals surface area contributed by atoms with Crippen LogP contribution in [0.25, 0.3) is 11.2 Å². The van der Waals surface area contributed by atoms with Gasteiger partial charge in [0.1, 0.15) is 23.5 Å². The second-order valence-corrected chi connectivity index (χ2v) is 9.27. The molecule has 0 spiro atoms. The Bertz CT molecular complexity index is 1120. The number of ether oxygens (including phenoxy) is 2. The molecule has 1 amide bonds. The zero-order chi connectivity index (χ0) is 23.6. The molecule has 1 unspecified atom stereocenters. The minimum atomic E-state index is -0.505. The molecular weight excluding hydrogens is 420 g/mol. The summed E-state index contributed by atoms with van der Waals surface area (Å²) in [5.41, 5.74) is 2.18. The highest BCUT2D eigenvalue weighted by molar-refractivity contribution is 5.83. The van der Waals surface area contributed by atoms with Gasteiger partial charge >= 0.3 is 6.09 Å². The Kier molecular flexibility index (Phi) is 6.40. The molecule has 1 aliphatic rings. The van der Waals surface area contributed by atoms with E-state index in [1.165, 1.54) is 0 Å². The Hall–Kier alpha value is -3.36. The summed E-state index contributed by atoms with van der Waals surface area (Å²) < 4.78 is 12.9. The molecule has 0 radical (unpaired) electrons. The number of hydrogen-bond acceptors (Lipinski definition) is 7. The summed E-state index contributed by atoms with van der Waals surface area (Å²) in [6.07, 6.45) is 2.88. The molecule has 1 saturated heterocycles. The van der Waals surface area contributed by atoms with Crippen molar-refractivity contribution in [3.8, 4) is 5.75 Å². The number of aryl methyl sites for hydroxylation is 1. The first-order valence-corrected chi connectivity index (χ1v) is 11.3. The third-order valence-corrected chi connectivity index (χ3v) is 5.61. The van der Waals surface area contributed by atoms with Gasteiger partial charge in [-0.1, -0.05) is 19.1 Å². The summed E-state index contributed by atoms with van der Waals surface area (Å²) in [6.45, 7) is 9.59. The lowest BCUT2D eigenvalue weighted by atomic mass is 10.2. The first kappa shape index (κ1) is 22.8. The second-order valence-electron chi connectivity index (χ2n) is 9.27. The number of rotatable bonds is 6. The summed E-state index contributed by atoms with van der Waals surface area (Å²) in [5, 5.41) is 3.48. The number of likely N-dealkylation sites (tertiary alicyclic amines) is 1. The molecule has 1 fully saturated rings. The van der Waals surface area contributed by atoms with E-state index in [9.17, 15) is 4.79 Å². The van der Waals surface area contributed by atoms with Gasteiger partial charge in [-0.25, -0.2) is 19.7 Å². The maximum Gasteiger partial charge on any atom is 0.410 e. The summed E-state index contributed by atoms with van der Waals surface area (Å²) in [5.74, 6) is 2.47. The molecule has 1 aliphatic heterocycles. The van der Waals surface area contributed by atoms with Crippen molar-refractivity contribution < 1.29 is 14.3 Å². The van der Waals surface area contributed by atoms with Gasteiger partial charge in [0.2, 0.25) is 0 Å². The Morgan fingerprint density at radius 2 is 1.97 bits per heavy atom. The van der Waals surface area contributed by atoms with E-state index in [0.29, 0.717) is 25.5 Å². The number of aromatic nitrogens is 4. The number of imidazole rings is 1. The molecule has 0 saturated carbocycles. The van der Waals surface area contributed by atoms with Crippen LogP contribution in [0.4, 0.5) is 10.6 Å². The molecule has 4 rings (SSSR count). The molecule has 2 aromatic heterocycles. The van der Waals surface area contributed by atoms with Crippen LogP contribution in [0.3, 0.4) is 0 Å². The Morgan fingerprint density at radius 1 is 1.21 bits per heavy atom. The first-order valence-electron chi connectivity index (χ1n) is 11.3. The van der Waals surface area contributed by atoms with Crippen molar-refractivity contribution in [1.29, 1.82) is 0 Å². The number of hydrogen-bond donors (Lipinski definition) is 1. The van der Waals surface area contributed by atoms with Crippen molar-refractivity contribution in [3.05, 3.63) is 42.0 Å². The van der Waals surface area contributed by atoms with Crippen LogP contribution >= 0.6 is 0 Å². The van der Waals surface area contributed by atoms with E-state index >= 15 is 0 Å². The molecule has 1 atom stereocenters. The zero-order valence-corrected chi connectivity index (χ0v) is 20.0. The number of carbonyl (C=O) groups excluding carboxylic acids is 1. The van der Waals surface area contributed by atoms with Crippen molar-refractivity contribution in [2.75, 3.05) is 25.5 Å². The predicted molar refractivity (Wildman–Crippen MR) is 127 cm³/mol. The Morgan fingerprint density at radius 3 is 2.64 bits per heavy atom. The van der Waals surface area contributed by atoms with Gasteiger partial charge in [-0.2, -0.15) is 0 Å². The lowest BCUT2D eigenvalue weighted by molar-refractivity contribution is 0.0293. The smallest absolute Gasteiger partial charge is 0.410 e. The van der Waals surface area contributed by atoms with E-state index in [1.807, 2.05) is 45.0 Å². The maximum atomic E-state index is 12.4. The van der Waals surface area contributed by atoms with Gasteiger partial charge in [0.15, 0.2) is 17.0 Å². The highest BCUT2D eigenvalue weighted by atomic mass is 16.6. The number of methoxy groups -OCH3 is 1. The highest BCUT2D eigenvalue weighted by Gasteiger charge is 2.30. The number of amides is 1. The fourth-order valence-corrected chi connectivity index (χ4v) is 4.00. The van der Waals surface area contributed by atoms with Crippen LogP contribution in [-0.2, 0) is 17.7 Å². The van der Waals surface area contributed by atoms with E-state index < -0.39 is 5.60 Å². The van der Waals surface area contributed by atoms with E-state index in [1.54, 1.807) is 18.3 Å². The summed E-state index contributed by atoms with van der Waals surface area (Å²) in [6, 6.07) is 8.09. The van der Waals surface area contributed by atoms with Gasteiger partial charge in [-0.15, -0.1) is 0 Å². The average Bonchev–Trinajstić information content (AvgIpc) is 3.39. The summed E-state index contributed by atoms with van der Waals surface area (Å²) in [4.78, 5) is 28.0. The third kappa shape index (κ3) is 5.18. The second kappa shape index (κ2) is 9.25.